The lowest BCUT2D eigenvalue weighted by Crippen LogP contribution is -2.38. The minimum atomic E-state index is -0.0134. The highest BCUT2D eigenvalue weighted by Gasteiger charge is 2.14. The van der Waals surface area contributed by atoms with Crippen LogP contribution in [0.15, 0.2) is 24.3 Å². The van der Waals surface area contributed by atoms with Gasteiger partial charge in [-0.2, -0.15) is 0 Å². The Morgan fingerprint density at radius 2 is 2.19 bits per heavy atom. The summed E-state index contributed by atoms with van der Waals surface area (Å²) in [6.45, 7) is 4.93. The fraction of sp³-hybridized carbons (Fsp3) is 0.562. The predicted octanol–water partition coefficient (Wildman–Crippen LogP) is 1.26. The van der Waals surface area contributed by atoms with E-state index in [1.807, 2.05) is 31.2 Å². The molecule has 1 heterocycles. The Balaban J connectivity index is 1.49. The van der Waals surface area contributed by atoms with Gasteiger partial charge in [0.25, 0.3) is 0 Å². The van der Waals surface area contributed by atoms with Gasteiger partial charge in [-0.25, -0.2) is 0 Å². The van der Waals surface area contributed by atoms with E-state index in [1.165, 1.54) is 5.56 Å². The number of ether oxygens (including phenoxy) is 2. The lowest BCUT2D eigenvalue weighted by molar-refractivity contribution is -0.120. The molecule has 1 fully saturated rings. The molecule has 21 heavy (non-hydrogen) atoms. The summed E-state index contributed by atoms with van der Waals surface area (Å²) in [5, 5.41) is 5.94. The van der Waals surface area contributed by atoms with Gasteiger partial charge in [0.15, 0.2) is 0 Å². The number of benzene rings is 1. The molecular weight excluding hydrogens is 268 g/mol. The van der Waals surface area contributed by atoms with E-state index in [4.69, 9.17) is 9.47 Å². The minimum absolute atomic E-state index is 0.0134. The van der Waals surface area contributed by atoms with Crippen molar-refractivity contribution in [3.05, 3.63) is 29.8 Å². The van der Waals surface area contributed by atoms with Crippen molar-refractivity contribution in [3.63, 3.8) is 0 Å². The van der Waals surface area contributed by atoms with Crippen molar-refractivity contribution >= 4 is 5.91 Å². The summed E-state index contributed by atoms with van der Waals surface area (Å²) in [6, 6.07) is 7.87. The second-order valence-electron chi connectivity index (χ2n) is 5.28. The van der Waals surface area contributed by atoms with Crippen LogP contribution in [0.2, 0.25) is 0 Å². The SMILES string of the molecule is Cc1ccc(OCCNC(=O)CNCC2CCCO2)cc1. The molecule has 0 bridgehead atoms. The third-order valence-corrected chi connectivity index (χ3v) is 3.40. The van der Waals surface area contributed by atoms with Crippen LogP contribution in [0.5, 0.6) is 5.75 Å². The Bertz CT molecular complexity index is 428. The molecule has 0 aromatic heterocycles. The maximum absolute atomic E-state index is 11.6. The van der Waals surface area contributed by atoms with Gasteiger partial charge in [0.2, 0.25) is 5.91 Å². The molecular formula is C16H24N2O3. The Hall–Kier alpha value is -1.59. The van der Waals surface area contributed by atoms with Crippen molar-refractivity contribution in [2.45, 2.75) is 25.9 Å². The van der Waals surface area contributed by atoms with Gasteiger partial charge >= 0.3 is 0 Å². The molecule has 1 aliphatic rings. The summed E-state index contributed by atoms with van der Waals surface area (Å²) in [4.78, 5) is 11.6. The first kappa shape index (κ1) is 15.8. The fourth-order valence-corrected chi connectivity index (χ4v) is 2.21. The molecule has 116 valence electrons. The summed E-state index contributed by atoms with van der Waals surface area (Å²) in [7, 11) is 0. The minimum Gasteiger partial charge on any atom is -0.492 e. The Kier molecular flexibility index (Phi) is 6.50. The van der Waals surface area contributed by atoms with Crippen molar-refractivity contribution in [1.82, 2.24) is 10.6 Å². The van der Waals surface area contributed by atoms with Crippen molar-refractivity contribution in [2.75, 3.05) is 32.8 Å². The molecule has 0 radical (unpaired) electrons. The van der Waals surface area contributed by atoms with E-state index in [1.54, 1.807) is 0 Å². The second-order valence-corrected chi connectivity index (χ2v) is 5.28. The molecule has 2 N–H and O–H groups in total. The molecule has 1 aromatic carbocycles. The third-order valence-electron chi connectivity index (χ3n) is 3.40. The number of hydrogen-bond acceptors (Lipinski definition) is 4. The third kappa shape index (κ3) is 6.14. The fourth-order valence-electron chi connectivity index (χ4n) is 2.21. The van der Waals surface area contributed by atoms with Crippen LogP contribution in [0.4, 0.5) is 0 Å². The van der Waals surface area contributed by atoms with Crippen LogP contribution in [-0.2, 0) is 9.53 Å². The first-order valence-electron chi connectivity index (χ1n) is 7.52. The Morgan fingerprint density at radius 3 is 2.90 bits per heavy atom. The van der Waals surface area contributed by atoms with Crippen LogP contribution in [0.1, 0.15) is 18.4 Å². The standard InChI is InChI=1S/C16H24N2O3/c1-13-4-6-14(7-5-13)21-10-8-18-16(19)12-17-11-15-3-2-9-20-15/h4-7,15,17H,2-3,8-12H2,1H3,(H,18,19). The van der Waals surface area contributed by atoms with Crippen molar-refractivity contribution in [2.24, 2.45) is 0 Å². The summed E-state index contributed by atoms with van der Waals surface area (Å²) in [6.07, 6.45) is 2.47. The van der Waals surface area contributed by atoms with Crippen molar-refractivity contribution in [3.8, 4) is 5.75 Å². The second kappa shape index (κ2) is 8.64. The first-order chi connectivity index (χ1) is 10.2. The lowest BCUT2D eigenvalue weighted by atomic mass is 10.2. The van der Waals surface area contributed by atoms with Gasteiger partial charge < -0.3 is 20.1 Å². The normalized spacial score (nSPS) is 17.7. The lowest BCUT2D eigenvalue weighted by Gasteiger charge is -2.11. The number of rotatable bonds is 8. The molecule has 0 saturated carbocycles. The van der Waals surface area contributed by atoms with E-state index in [0.29, 0.717) is 19.7 Å². The summed E-state index contributed by atoms with van der Waals surface area (Å²) in [5.41, 5.74) is 1.20. The van der Waals surface area contributed by atoms with Gasteiger partial charge in [0, 0.05) is 13.2 Å². The number of aryl methyl sites for hydroxylation is 1. The zero-order chi connectivity index (χ0) is 14.9. The Labute approximate surface area is 126 Å². The highest BCUT2D eigenvalue weighted by atomic mass is 16.5. The van der Waals surface area contributed by atoms with E-state index >= 15 is 0 Å². The molecule has 1 atom stereocenters. The van der Waals surface area contributed by atoms with E-state index in [2.05, 4.69) is 10.6 Å². The highest BCUT2D eigenvalue weighted by Crippen LogP contribution is 2.11. The number of amides is 1. The van der Waals surface area contributed by atoms with Gasteiger partial charge in [-0.3, -0.25) is 4.79 Å². The highest BCUT2D eigenvalue weighted by molar-refractivity contribution is 5.77. The van der Waals surface area contributed by atoms with Gasteiger partial charge in [-0.05, 0) is 31.9 Å². The van der Waals surface area contributed by atoms with Gasteiger partial charge in [0.05, 0.1) is 19.2 Å². The van der Waals surface area contributed by atoms with Crippen molar-refractivity contribution in [1.29, 1.82) is 0 Å². The predicted molar refractivity (Wildman–Crippen MR) is 81.5 cm³/mol. The molecule has 1 saturated heterocycles. The molecule has 0 aliphatic carbocycles. The Morgan fingerprint density at radius 1 is 1.38 bits per heavy atom. The van der Waals surface area contributed by atoms with Crippen LogP contribution in [0, 0.1) is 6.92 Å². The summed E-state index contributed by atoms with van der Waals surface area (Å²) in [5.74, 6) is 0.812. The molecule has 1 unspecified atom stereocenters. The van der Waals surface area contributed by atoms with Gasteiger partial charge in [0.1, 0.15) is 12.4 Å². The molecule has 0 spiro atoms. The van der Waals surface area contributed by atoms with E-state index in [-0.39, 0.29) is 12.0 Å². The van der Waals surface area contributed by atoms with E-state index in [0.717, 1.165) is 31.7 Å². The number of carbonyl (C=O) groups is 1. The van der Waals surface area contributed by atoms with Crippen LogP contribution in [-0.4, -0.2) is 44.9 Å². The smallest absolute Gasteiger partial charge is 0.234 e. The van der Waals surface area contributed by atoms with Crippen LogP contribution >= 0.6 is 0 Å². The van der Waals surface area contributed by atoms with Crippen LogP contribution in [0.3, 0.4) is 0 Å². The monoisotopic (exact) mass is 292 g/mol. The first-order valence-corrected chi connectivity index (χ1v) is 7.52. The number of nitrogens with one attached hydrogen (secondary N) is 2. The molecule has 5 heteroatoms. The quantitative estimate of drug-likeness (QED) is 0.708. The van der Waals surface area contributed by atoms with E-state index in [9.17, 15) is 4.79 Å². The molecule has 1 aromatic rings. The molecule has 1 aliphatic heterocycles. The maximum atomic E-state index is 11.6. The molecule has 1 amide bonds. The zero-order valence-corrected chi connectivity index (χ0v) is 12.6. The van der Waals surface area contributed by atoms with Gasteiger partial charge in [-0.15, -0.1) is 0 Å². The van der Waals surface area contributed by atoms with Crippen molar-refractivity contribution < 1.29 is 14.3 Å². The average molecular weight is 292 g/mol. The molecule has 2 rings (SSSR count). The number of carbonyl (C=O) groups excluding carboxylic acids is 1. The zero-order valence-electron chi connectivity index (χ0n) is 12.6. The van der Waals surface area contributed by atoms with Crippen LogP contribution < -0.4 is 15.4 Å². The number of hydrogen-bond donors (Lipinski definition) is 2. The van der Waals surface area contributed by atoms with Crippen LogP contribution in [0.25, 0.3) is 0 Å². The summed E-state index contributed by atoms with van der Waals surface area (Å²) < 4.78 is 11.0. The topological polar surface area (TPSA) is 59.6 Å². The van der Waals surface area contributed by atoms with E-state index < -0.39 is 0 Å². The summed E-state index contributed by atoms with van der Waals surface area (Å²) >= 11 is 0. The van der Waals surface area contributed by atoms with Gasteiger partial charge in [-0.1, -0.05) is 17.7 Å². The average Bonchev–Trinajstić information content (AvgIpc) is 2.99. The maximum Gasteiger partial charge on any atom is 0.234 e. The largest absolute Gasteiger partial charge is 0.492 e. The molecule has 5 nitrogen and oxygen atoms in total.